The van der Waals surface area contributed by atoms with Gasteiger partial charge < -0.3 is 4.74 Å². The molecule has 0 amide bonds. The Morgan fingerprint density at radius 2 is 1.56 bits per heavy atom. The molecule has 0 heterocycles. The minimum atomic E-state index is 0.669. The molecular formula is C25H27ClO. The number of methoxy groups -OCH3 is 1. The maximum atomic E-state index is 6.34. The van der Waals surface area contributed by atoms with Gasteiger partial charge in [0.1, 0.15) is 5.75 Å². The van der Waals surface area contributed by atoms with E-state index in [0.29, 0.717) is 5.92 Å². The fourth-order valence-electron chi connectivity index (χ4n) is 3.45. The molecule has 3 aromatic rings. The SMILES string of the molecule is COc1ccc(-c2ccc(CC(C)C)cc2)c(CCc2ccccc2Cl)c1. The van der Waals surface area contributed by atoms with E-state index in [1.54, 1.807) is 7.11 Å². The minimum Gasteiger partial charge on any atom is -0.497 e. The molecule has 0 aliphatic heterocycles. The Morgan fingerprint density at radius 3 is 2.22 bits per heavy atom. The summed E-state index contributed by atoms with van der Waals surface area (Å²) in [7, 11) is 1.72. The topological polar surface area (TPSA) is 9.23 Å². The molecule has 0 aliphatic rings. The lowest BCUT2D eigenvalue weighted by molar-refractivity contribution is 0.414. The van der Waals surface area contributed by atoms with Crippen LogP contribution in [0.4, 0.5) is 0 Å². The zero-order valence-corrected chi connectivity index (χ0v) is 17.1. The van der Waals surface area contributed by atoms with Gasteiger partial charge in [-0.1, -0.05) is 74.0 Å². The zero-order chi connectivity index (χ0) is 19.2. The van der Waals surface area contributed by atoms with Gasteiger partial charge in [0.15, 0.2) is 0 Å². The summed E-state index contributed by atoms with van der Waals surface area (Å²) in [5.74, 6) is 1.56. The third-order valence-corrected chi connectivity index (χ3v) is 5.21. The van der Waals surface area contributed by atoms with E-state index >= 15 is 0 Å². The van der Waals surface area contributed by atoms with Crippen LogP contribution in [-0.4, -0.2) is 7.11 Å². The van der Waals surface area contributed by atoms with Gasteiger partial charge in [0.2, 0.25) is 0 Å². The van der Waals surface area contributed by atoms with Crippen LogP contribution in [0.25, 0.3) is 11.1 Å². The molecule has 3 rings (SSSR count). The van der Waals surface area contributed by atoms with E-state index in [0.717, 1.165) is 30.0 Å². The maximum absolute atomic E-state index is 6.34. The Balaban J connectivity index is 1.87. The highest BCUT2D eigenvalue weighted by Gasteiger charge is 2.09. The smallest absolute Gasteiger partial charge is 0.119 e. The van der Waals surface area contributed by atoms with Crippen molar-refractivity contribution in [3.8, 4) is 16.9 Å². The van der Waals surface area contributed by atoms with Gasteiger partial charge in [0.25, 0.3) is 0 Å². The Morgan fingerprint density at radius 1 is 0.852 bits per heavy atom. The third-order valence-electron chi connectivity index (χ3n) is 4.84. The molecule has 0 bridgehead atoms. The summed E-state index contributed by atoms with van der Waals surface area (Å²) in [6.45, 7) is 4.51. The van der Waals surface area contributed by atoms with Crippen molar-refractivity contribution in [1.82, 2.24) is 0 Å². The van der Waals surface area contributed by atoms with Crippen LogP contribution in [0.1, 0.15) is 30.5 Å². The van der Waals surface area contributed by atoms with E-state index in [-0.39, 0.29) is 0 Å². The molecule has 0 saturated carbocycles. The number of hydrogen-bond acceptors (Lipinski definition) is 1. The number of halogens is 1. The van der Waals surface area contributed by atoms with Crippen LogP contribution in [0.15, 0.2) is 66.7 Å². The Kier molecular flexibility index (Phi) is 6.58. The monoisotopic (exact) mass is 378 g/mol. The zero-order valence-electron chi connectivity index (χ0n) is 16.3. The van der Waals surface area contributed by atoms with E-state index in [1.165, 1.54) is 27.8 Å². The van der Waals surface area contributed by atoms with Gasteiger partial charge in [0, 0.05) is 5.02 Å². The Labute approximate surface area is 168 Å². The molecule has 0 fully saturated rings. The molecule has 1 nitrogen and oxygen atoms in total. The lowest BCUT2D eigenvalue weighted by Gasteiger charge is -2.13. The predicted octanol–water partition coefficient (Wildman–Crippen LogP) is 7.00. The molecule has 140 valence electrons. The average molecular weight is 379 g/mol. The Bertz CT molecular complexity index is 881. The van der Waals surface area contributed by atoms with Crippen molar-refractivity contribution >= 4 is 11.6 Å². The number of aryl methyl sites for hydroxylation is 2. The molecule has 0 spiro atoms. The van der Waals surface area contributed by atoms with E-state index in [4.69, 9.17) is 16.3 Å². The van der Waals surface area contributed by atoms with Crippen molar-refractivity contribution in [2.75, 3.05) is 7.11 Å². The lowest BCUT2D eigenvalue weighted by Crippen LogP contribution is -1.97. The molecule has 0 N–H and O–H groups in total. The molecule has 27 heavy (non-hydrogen) atoms. The standard InChI is InChI=1S/C25H27ClO/c1-18(2)16-19-8-10-20(11-9-19)24-15-14-23(27-3)17-22(24)13-12-21-6-4-5-7-25(21)26/h4-11,14-15,17-18H,12-13,16H2,1-3H3. The van der Waals surface area contributed by atoms with Gasteiger partial charge in [-0.3, -0.25) is 0 Å². The second-order valence-corrected chi connectivity index (χ2v) is 7.82. The summed E-state index contributed by atoms with van der Waals surface area (Å²) in [6.07, 6.45) is 2.94. The summed E-state index contributed by atoms with van der Waals surface area (Å²) < 4.78 is 5.46. The first-order chi connectivity index (χ1) is 13.1. The molecule has 0 radical (unpaired) electrons. The van der Waals surface area contributed by atoms with Gasteiger partial charge in [-0.05, 0) is 71.2 Å². The van der Waals surface area contributed by atoms with Crippen molar-refractivity contribution in [3.63, 3.8) is 0 Å². The highest BCUT2D eigenvalue weighted by atomic mass is 35.5. The van der Waals surface area contributed by atoms with Crippen LogP contribution in [0.2, 0.25) is 5.02 Å². The minimum absolute atomic E-state index is 0.669. The quantitative estimate of drug-likeness (QED) is 0.430. The second kappa shape index (κ2) is 9.10. The molecule has 0 unspecified atom stereocenters. The molecule has 0 aromatic heterocycles. The van der Waals surface area contributed by atoms with Crippen LogP contribution >= 0.6 is 11.6 Å². The Hall–Kier alpha value is -2.25. The van der Waals surface area contributed by atoms with Crippen molar-refractivity contribution < 1.29 is 4.74 Å². The maximum Gasteiger partial charge on any atom is 0.119 e. The van der Waals surface area contributed by atoms with E-state index in [9.17, 15) is 0 Å². The van der Waals surface area contributed by atoms with Crippen LogP contribution in [0, 0.1) is 5.92 Å². The second-order valence-electron chi connectivity index (χ2n) is 7.41. The summed E-state index contributed by atoms with van der Waals surface area (Å²) in [6, 6.07) is 23.4. The van der Waals surface area contributed by atoms with Crippen LogP contribution in [0.5, 0.6) is 5.75 Å². The molecular weight excluding hydrogens is 352 g/mol. The highest BCUT2D eigenvalue weighted by molar-refractivity contribution is 6.31. The molecule has 0 saturated heterocycles. The first kappa shape index (κ1) is 19.5. The van der Waals surface area contributed by atoms with Gasteiger partial charge >= 0.3 is 0 Å². The predicted molar refractivity (Wildman–Crippen MR) is 116 cm³/mol. The summed E-state index contributed by atoms with van der Waals surface area (Å²) in [5.41, 5.74) is 6.37. The summed E-state index contributed by atoms with van der Waals surface area (Å²) >= 11 is 6.34. The first-order valence-corrected chi connectivity index (χ1v) is 9.94. The van der Waals surface area contributed by atoms with E-state index in [1.807, 2.05) is 24.3 Å². The van der Waals surface area contributed by atoms with E-state index in [2.05, 4.69) is 56.3 Å². The van der Waals surface area contributed by atoms with Crippen LogP contribution in [0.3, 0.4) is 0 Å². The molecule has 3 aromatic carbocycles. The number of benzene rings is 3. The van der Waals surface area contributed by atoms with E-state index < -0.39 is 0 Å². The fraction of sp³-hybridized carbons (Fsp3) is 0.280. The lowest BCUT2D eigenvalue weighted by atomic mass is 9.93. The number of hydrogen-bond donors (Lipinski definition) is 0. The molecule has 0 atom stereocenters. The molecule has 0 aliphatic carbocycles. The normalized spacial score (nSPS) is 11.0. The van der Waals surface area contributed by atoms with Crippen molar-refractivity contribution in [2.45, 2.75) is 33.1 Å². The van der Waals surface area contributed by atoms with Gasteiger partial charge in [-0.2, -0.15) is 0 Å². The van der Waals surface area contributed by atoms with Crippen LogP contribution < -0.4 is 4.74 Å². The van der Waals surface area contributed by atoms with Gasteiger partial charge in [0.05, 0.1) is 7.11 Å². The third kappa shape index (κ3) is 5.14. The first-order valence-electron chi connectivity index (χ1n) is 9.56. The molecule has 2 heteroatoms. The fourth-order valence-corrected chi connectivity index (χ4v) is 3.68. The van der Waals surface area contributed by atoms with Crippen molar-refractivity contribution in [1.29, 1.82) is 0 Å². The number of ether oxygens (including phenoxy) is 1. The highest BCUT2D eigenvalue weighted by Crippen LogP contribution is 2.30. The average Bonchev–Trinajstić information content (AvgIpc) is 2.67. The summed E-state index contributed by atoms with van der Waals surface area (Å²) in [5, 5.41) is 0.833. The van der Waals surface area contributed by atoms with Crippen molar-refractivity contribution in [2.24, 2.45) is 5.92 Å². The largest absolute Gasteiger partial charge is 0.497 e. The number of rotatable bonds is 7. The van der Waals surface area contributed by atoms with Crippen LogP contribution in [-0.2, 0) is 19.3 Å². The summed E-state index contributed by atoms with van der Waals surface area (Å²) in [4.78, 5) is 0. The van der Waals surface area contributed by atoms with Gasteiger partial charge in [-0.25, -0.2) is 0 Å². The van der Waals surface area contributed by atoms with Crippen molar-refractivity contribution in [3.05, 3.63) is 88.4 Å². The van der Waals surface area contributed by atoms with Gasteiger partial charge in [-0.15, -0.1) is 0 Å².